The van der Waals surface area contributed by atoms with Crippen molar-refractivity contribution in [1.82, 2.24) is 0 Å². The van der Waals surface area contributed by atoms with E-state index in [1.807, 2.05) is 0 Å². The fourth-order valence-electron chi connectivity index (χ4n) is 13.9. The van der Waals surface area contributed by atoms with E-state index >= 15 is 0 Å². The van der Waals surface area contributed by atoms with E-state index in [0.717, 1.165) is 39.3 Å². The first-order chi connectivity index (χ1) is 56.9. The molecule has 0 aliphatic carbocycles. The number of ether oxygens (including phenoxy) is 3. The van der Waals surface area contributed by atoms with Crippen LogP contribution in [0.2, 0.25) is 0 Å². The molecule has 0 aromatic carbocycles. The highest BCUT2D eigenvalue weighted by Gasteiger charge is 2.21. The maximum Gasteiger partial charge on any atom is 0.0700 e. The highest BCUT2D eigenvalue weighted by molar-refractivity contribution is 4.73. The predicted octanol–water partition coefficient (Wildman–Crippen LogP) is 46.1. The Morgan fingerprint density at radius 3 is 0.312 bits per heavy atom. The lowest BCUT2D eigenvalue weighted by atomic mass is 9.84. The van der Waals surface area contributed by atoms with E-state index in [4.69, 9.17) is 14.2 Å². The molecule has 0 amide bonds. The van der Waals surface area contributed by atoms with Crippen molar-refractivity contribution in [2.24, 2.45) is 97.5 Å². The Balaban J connectivity index is -0.000000179. The molecule has 128 heavy (non-hydrogen) atoms. The SMILES string of the molecule is CC(C)(C)CCCC(C)(C)C.CC(C)(C)CCCCC(C)(C)C.CC(C)(C)CCCCCC(C)(C)C.CC(C)(C)CCCCCCC(C)(C)C.CC(C)(C)CCCCCCCCC(C)(C)C.CC(C)(C)CCCCCCCCCC(C)(C)C.CC(C)(C)CCCCCCCCCCC(C)(C)C.CC(C)(C)CCOCC(C)(C)C.CC(C)(C)CCOCCOCC(C)(C)C. The Labute approximate surface area is 821 Å². The highest BCUT2D eigenvalue weighted by Crippen LogP contribution is 2.34. The fourth-order valence-corrected chi connectivity index (χ4v) is 13.9. The van der Waals surface area contributed by atoms with Crippen molar-refractivity contribution in [3.63, 3.8) is 0 Å². The molecule has 0 atom stereocenters. The average Bonchev–Trinajstić information content (AvgIpc) is 0.985. The molecular weight excluding hydrogens is 1550 g/mol. The molecular formula is C125H268O3. The van der Waals surface area contributed by atoms with E-state index in [0.29, 0.717) is 105 Å². The second kappa shape index (κ2) is 74.9. The van der Waals surface area contributed by atoms with E-state index in [1.165, 1.54) is 289 Å². The first-order valence-electron chi connectivity index (χ1n) is 55.6. The molecule has 0 rings (SSSR count). The number of unbranched alkanes of at least 4 members (excludes halogenated alkanes) is 24. The molecule has 0 radical (unpaired) electrons. The summed E-state index contributed by atoms with van der Waals surface area (Å²) in [5.41, 5.74) is 8.75. The molecule has 3 heteroatoms. The van der Waals surface area contributed by atoms with E-state index < -0.39 is 0 Å². The molecule has 786 valence electrons. The van der Waals surface area contributed by atoms with Crippen molar-refractivity contribution in [1.29, 1.82) is 0 Å². The Kier molecular flexibility index (Phi) is 85.2. The van der Waals surface area contributed by atoms with Gasteiger partial charge in [-0.3, -0.25) is 0 Å². The quantitative estimate of drug-likeness (QED) is 0.0569. The van der Waals surface area contributed by atoms with Crippen LogP contribution in [-0.2, 0) is 14.2 Å². The Hall–Kier alpha value is -0.120. The van der Waals surface area contributed by atoms with Crippen LogP contribution in [0.3, 0.4) is 0 Å². The first-order valence-corrected chi connectivity index (χ1v) is 55.6. The molecule has 0 aliphatic rings. The van der Waals surface area contributed by atoms with Crippen LogP contribution >= 0.6 is 0 Å². The van der Waals surface area contributed by atoms with E-state index in [2.05, 4.69) is 374 Å². The third-order valence-electron chi connectivity index (χ3n) is 22.4. The van der Waals surface area contributed by atoms with Crippen molar-refractivity contribution in [3.8, 4) is 0 Å². The molecule has 0 heterocycles. The lowest BCUT2D eigenvalue weighted by molar-refractivity contribution is 0.0141. The van der Waals surface area contributed by atoms with Gasteiger partial charge in [-0.1, -0.05) is 573 Å². The van der Waals surface area contributed by atoms with Gasteiger partial charge < -0.3 is 14.2 Å². The number of hydrogen-bond acceptors (Lipinski definition) is 3. The summed E-state index contributed by atoms with van der Waals surface area (Å²) in [6.45, 7) is 129. The van der Waals surface area contributed by atoms with E-state index in [-0.39, 0.29) is 5.41 Å². The van der Waals surface area contributed by atoms with Gasteiger partial charge in [-0.25, -0.2) is 0 Å². The van der Waals surface area contributed by atoms with Gasteiger partial charge in [0.05, 0.1) is 26.4 Å². The zero-order valence-corrected chi connectivity index (χ0v) is 102. The summed E-state index contributed by atoms with van der Waals surface area (Å²) in [4.78, 5) is 0. The van der Waals surface area contributed by atoms with E-state index in [9.17, 15) is 0 Å². The van der Waals surface area contributed by atoms with Crippen molar-refractivity contribution in [2.45, 2.75) is 676 Å². The molecule has 0 aromatic heterocycles. The third kappa shape index (κ3) is 193. The Bertz CT molecular complexity index is 2070. The minimum absolute atomic E-state index is 0.255. The topological polar surface area (TPSA) is 27.7 Å². The third-order valence-corrected chi connectivity index (χ3v) is 22.4. The van der Waals surface area contributed by atoms with Crippen molar-refractivity contribution >= 4 is 0 Å². The first kappa shape index (κ1) is 146. The molecule has 0 aliphatic heterocycles. The van der Waals surface area contributed by atoms with Gasteiger partial charge in [-0.15, -0.1) is 0 Å². The van der Waals surface area contributed by atoms with Gasteiger partial charge in [0.1, 0.15) is 0 Å². The lowest BCUT2D eigenvalue weighted by Crippen LogP contribution is -2.17. The molecule has 3 nitrogen and oxygen atoms in total. The predicted molar refractivity (Wildman–Crippen MR) is 600 cm³/mol. The van der Waals surface area contributed by atoms with Gasteiger partial charge in [0.2, 0.25) is 0 Å². The zero-order chi connectivity index (χ0) is 103. The highest BCUT2D eigenvalue weighted by atomic mass is 16.5. The summed E-state index contributed by atoms with van der Waals surface area (Å²) in [5, 5.41) is 0. The molecule has 0 saturated heterocycles. The lowest BCUT2D eigenvalue weighted by Gasteiger charge is -2.22. The van der Waals surface area contributed by atoms with Crippen LogP contribution in [0.4, 0.5) is 0 Å². The summed E-state index contributed by atoms with van der Waals surface area (Å²) >= 11 is 0. The van der Waals surface area contributed by atoms with E-state index in [1.54, 1.807) is 0 Å². The van der Waals surface area contributed by atoms with Gasteiger partial charge in [0.15, 0.2) is 0 Å². The summed E-state index contributed by atoms with van der Waals surface area (Å²) < 4.78 is 16.6. The Morgan fingerprint density at radius 1 is 0.0859 bits per heavy atom. The summed E-state index contributed by atoms with van der Waals surface area (Å²) in [6.07, 6.45) is 65.8. The summed E-state index contributed by atoms with van der Waals surface area (Å²) in [7, 11) is 0. The van der Waals surface area contributed by atoms with Crippen LogP contribution in [0.25, 0.3) is 0 Å². The second-order valence-corrected chi connectivity index (χ2v) is 62.8. The van der Waals surface area contributed by atoms with Gasteiger partial charge in [-0.2, -0.15) is 0 Å². The number of hydrogen-bond donors (Lipinski definition) is 0. The number of rotatable bonds is 47. The second-order valence-electron chi connectivity index (χ2n) is 62.8. The molecule has 0 unspecified atom stereocenters. The average molecular weight is 1820 g/mol. The molecule has 0 N–H and O–H groups in total. The maximum absolute atomic E-state index is 5.57. The maximum atomic E-state index is 5.57. The molecule has 0 fully saturated rings. The molecule has 0 spiro atoms. The van der Waals surface area contributed by atoms with Crippen molar-refractivity contribution in [2.75, 3.05) is 39.6 Å². The fraction of sp³-hybridized carbons (Fsp3) is 1.00. The largest absolute Gasteiger partial charge is 0.381 e. The molecule has 0 bridgehead atoms. The van der Waals surface area contributed by atoms with Crippen LogP contribution in [0.15, 0.2) is 0 Å². The molecule has 0 aromatic rings. The normalized spacial score (nSPS) is 13.3. The van der Waals surface area contributed by atoms with Crippen molar-refractivity contribution in [3.05, 3.63) is 0 Å². The summed E-state index contributed by atoms with van der Waals surface area (Å²) in [5.74, 6) is 0. The van der Waals surface area contributed by atoms with Gasteiger partial charge >= 0.3 is 0 Å². The standard InChI is InChI=1S/C18H38.C17H36.C16H34.C14H30.C13H28O2.C13H28.C12H26.C11H24O.C11H24/c1-17(2,3)15-13-11-9-7-8-10-12-14-16-18(4,5)6;1-16(2,3)14-12-10-8-7-9-11-13-15-17(4,5)6;1-15(2,3)13-11-9-7-8-10-12-14-16(4,5)6;1-13(2,3)11-9-7-8-10-12-14(4,5)6;1-12(2,3)7-8-14-9-10-15-11-13(4,5)6;1-12(2,3)10-8-7-9-11-13(4,5)6;1-11(2,3)9-7-8-10-12(4,5)6;1-10(2,3)7-8-12-9-11(4,5)6;1-10(2,3)8-7-9-11(4,5)6/h7-16H2,1-6H3;7-15H2,1-6H3;7-14H2,1-6H3;7-12H2,1-6H3;7-11H2,1-6H3;7-11H2,1-6H3;7-10H2,1-6H3;7-9H2,1-6H3;7-9H2,1-6H3. The van der Waals surface area contributed by atoms with Crippen LogP contribution < -0.4 is 0 Å². The van der Waals surface area contributed by atoms with Crippen molar-refractivity contribution < 1.29 is 14.2 Å². The van der Waals surface area contributed by atoms with Crippen LogP contribution in [0.1, 0.15) is 676 Å². The monoisotopic (exact) mass is 1820 g/mol. The van der Waals surface area contributed by atoms with Crippen LogP contribution in [-0.4, -0.2) is 39.6 Å². The minimum Gasteiger partial charge on any atom is -0.381 e. The zero-order valence-electron chi connectivity index (χ0n) is 102. The van der Waals surface area contributed by atoms with Gasteiger partial charge in [0.25, 0.3) is 0 Å². The Morgan fingerprint density at radius 2 is 0.180 bits per heavy atom. The van der Waals surface area contributed by atoms with Crippen LogP contribution in [0, 0.1) is 97.5 Å². The molecule has 0 saturated carbocycles. The minimum atomic E-state index is 0.255. The van der Waals surface area contributed by atoms with Gasteiger partial charge in [0, 0.05) is 13.2 Å². The van der Waals surface area contributed by atoms with Crippen LogP contribution in [0.5, 0.6) is 0 Å². The smallest absolute Gasteiger partial charge is 0.0700 e. The van der Waals surface area contributed by atoms with Gasteiger partial charge in [-0.05, 0) is 200 Å². The summed E-state index contributed by atoms with van der Waals surface area (Å²) in [6, 6.07) is 0.